The molecule has 0 unspecified atom stereocenters. The molecular weight excluding hydrogens is 246 g/mol. The molecule has 0 heterocycles. The fourth-order valence-corrected chi connectivity index (χ4v) is 1.83. The van der Waals surface area contributed by atoms with Gasteiger partial charge in [0.15, 0.2) is 0 Å². The van der Waals surface area contributed by atoms with Gasteiger partial charge in [-0.25, -0.2) is 0 Å². The average Bonchev–Trinajstić information content (AvgIpc) is 2.40. The Bertz CT molecular complexity index is 549. The minimum Gasteiger partial charge on any atom is -0.324 e. The van der Waals surface area contributed by atoms with Crippen molar-refractivity contribution in [2.75, 3.05) is 11.2 Å². The third kappa shape index (κ3) is 2.90. The lowest BCUT2D eigenvalue weighted by Crippen LogP contribution is -2.13. The van der Waals surface area contributed by atoms with E-state index in [9.17, 15) is 4.79 Å². The van der Waals surface area contributed by atoms with Crippen molar-refractivity contribution in [1.29, 1.82) is 0 Å². The molecule has 0 aliphatic rings. The molecule has 0 bridgehead atoms. The number of amides is 1. The maximum absolute atomic E-state index is 11.4. The van der Waals surface area contributed by atoms with Crippen molar-refractivity contribution in [3.63, 3.8) is 0 Å². The molecule has 2 aromatic rings. The Morgan fingerprint density at radius 3 is 2.44 bits per heavy atom. The summed E-state index contributed by atoms with van der Waals surface area (Å²) in [5.41, 5.74) is 4.06. The molecule has 2 aromatic carbocycles. The first-order chi connectivity index (χ1) is 8.70. The largest absolute Gasteiger partial charge is 0.324 e. The molecule has 0 spiro atoms. The molecule has 18 heavy (non-hydrogen) atoms. The Morgan fingerprint density at radius 1 is 1.11 bits per heavy atom. The predicted molar refractivity (Wildman–Crippen MR) is 76.0 cm³/mol. The topological polar surface area (TPSA) is 29.1 Å². The first-order valence-corrected chi connectivity index (χ1v) is 6.26. The van der Waals surface area contributed by atoms with Crippen molar-refractivity contribution in [3.8, 4) is 11.1 Å². The van der Waals surface area contributed by atoms with Crippen LogP contribution in [0.1, 0.15) is 5.56 Å². The maximum atomic E-state index is 11.4. The van der Waals surface area contributed by atoms with Crippen molar-refractivity contribution in [3.05, 3.63) is 54.1 Å². The summed E-state index contributed by atoms with van der Waals surface area (Å²) in [6.07, 6.45) is 0. The second-order valence-electron chi connectivity index (χ2n) is 4.09. The molecular formula is C15H14ClNO. The Balaban J connectivity index is 2.38. The smallest absolute Gasteiger partial charge is 0.239 e. The zero-order chi connectivity index (χ0) is 13.0. The van der Waals surface area contributed by atoms with Crippen LogP contribution in [0, 0.1) is 6.92 Å². The SMILES string of the molecule is Cc1ccc(-c2ccccc2NC(=O)CCl)cc1. The van der Waals surface area contributed by atoms with Gasteiger partial charge < -0.3 is 5.32 Å². The van der Waals surface area contributed by atoms with Gasteiger partial charge in [-0.3, -0.25) is 4.79 Å². The molecule has 92 valence electrons. The fourth-order valence-electron chi connectivity index (χ4n) is 1.76. The number of benzene rings is 2. The van der Waals surface area contributed by atoms with Crippen LogP contribution >= 0.6 is 11.6 Å². The van der Waals surface area contributed by atoms with Crippen molar-refractivity contribution in [1.82, 2.24) is 0 Å². The molecule has 0 radical (unpaired) electrons. The number of carbonyl (C=O) groups excluding carboxylic acids is 1. The number of hydrogen-bond acceptors (Lipinski definition) is 1. The average molecular weight is 260 g/mol. The van der Waals surface area contributed by atoms with E-state index in [0.29, 0.717) is 0 Å². The molecule has 1 amide bonds. The molecule has 0 saturated carbocycles. The van der Waals surface area contributed by atoms with E-state index in [4.69, 9.17) is 11.6 Å². The van der Waals surface area contributed by atoms with E-state index in [-0.39, 0.29) is 11.8 Å². The van der Waals surface area contributed by atoms with Crippen molar-refractivity contribution in [2.24, 2.45) is 0 Å². The molecule has 3 heteroatoms. The van der Waals surface area contributed by atoms with Crippen molar-refractivity contribution >= 4 is 23.2 Å². The van der Waals surface area contributed by atoms with Gasteiger partial charge in [0.2, 0.25) is 5.91 Å². The summed E-state index contributed by atoms with van der Waals surface area (Å²) < 4.78 is 0. The van der Waals surface area contributed by atoms with E-state index in [1.54, 1.807) is 0 Å². The van der Waals surface area contributed by atoms with Gasteiger partial charge >= 0.3 is 0 Å². The van der Waals surface area contributed by atoms with E-state index in [1.165, 1.54) is 5.56 Å². The maximum Gasteiger partial charge on any atom is 0.239 e. The normalized spacial score (nSPS) is 10.1. The number of para-hydroxylation sites is 1. The van der Waals surface area contributed by atoms with Crippen LogP contribution in [-0.2, 0) is 4.79 Å². The first kappa shape index (κ1) is 12.7. The monoisotopic (exact) mass is 259 g/mol. The second-order valence-corrected chi connectivity index (χ2v) is 4.36. The van der Waals surface area contributed by atoms with Gasteiger partial charge in [-0.2, -0.15) is 0 Å². The Kier molecular flexibility index (Phi) is 4.00. The molecule has 0 aliphatic heterocycles. The zero-order valence-corrected chi connectivity index (χ0v) is 10.9. The molecule has 2 rings (SSSR count). The number of aryl methyl sites for hydroxylation is 1. The lowest BCUT2D eigenvalue weighted by molar-refractivity contribution is -0.113. The number of anilines is 1. The van der Waals surface area contributed by atoms with Gasteiger partial charge in [0, 0.05) is 11.3 Å². The van der Waals surface area contributed by atoms with Crippen LogP contribution in [0.3, 0.4) is 0 Å². The van der Waals surface area contributed by atoms with Crippen LogP contribution in [0.15, 0.2) is 48.5 Å². The van der Waals surface area contributed by atoms with E-state index in [0.717, 1.165) is 16.8 Å². The standard InChI is InChI=1S/C15H14ClNO/c1-11-6-8-12(9-7-11)13-4-2-3-5-14(13)17-15(18)10-16/h2-9H,10H2,1H3,(H,17,18). The van der Waals surface area contributed by atoms with Crippen LogP contribution in [0.2, 0.25) is 0 Å². The molecule has 2 nitrogen and oxygen atoms in total. The van der Waals surface area contributed by atoms with E-state index in [2.05, 4.69) is 17.4 Å². The van der Waals surface area contributed by atoms with Crippen LogP contribution in [0.4, 0.5) is 5.69 Å². The second kappa shape index (κ2) is 5.69. The summed E-state index contributed by atoms with van der Waals surface area (Å²) in [4.78, 5) is 11.4. The summed E-state index contributed by atoms with van der Waals surface area (Å²) >= 11 is 5.51. The van der Waals surface area contributed by atoms with Crippen molar-refractivity contribution in [2.45, 2.75) is 6.92 Å². The highest BCUT2D eigenvalue weighted by Gasteiger charge is 2.06. The van der Waals surface area contributed by atoms with Crippen LogP contribution in [0.25, 0.3) is 11.1 Å². The van der Waals surface area contributed by atoms with E-state index < -0.39 is 0 Å². The molecule has 0 atom stereocenters. The number of nitrogens with one attached hydrogen (secondary N) is 1. The fraction of sp³-hybridized carbons (Fsp3) is 0.133. The summed E-state index contributed by atoms with van der Waals surface area (Å²) in [5.74, 6) is -0.237. The van der Waals surface area contributed by atoms with Crippen LogP contribution in [-0.4, -0.2) is 11.8 Å². The highest BCUT2D eigenvalue weighted by Crippen LogP contribution is 2.27. The first-order valence-electron chi connectivity index (χ1n) is 5.72. The summed E-state index contributed by atoms with van der Waals surface area (Å²) in [7, 11) is 0. The quantitative estimate of drug-likeness (QED) is 0.834. The molecule has 0 aliphatic carbocycles. The minimum atomic E-state index is -0.198. The Hall–Kier alpha value is -1.80. The van der Waals surface area contributed by atoms with Gasteiger partial charge in [-0.1, -0.05) is 48.0 Å². The van der Waals surface area contributed by atoms with Gasteiger partial charge in [-0.15, -0.1) is 11.6 Å². The summed E-state index contributed by atoms with van der Waals surface area (Å²) in [6, 6.07) is 15.9. The van der Waals surface area contributed by atoms with Gasteiger partial charge in [0.05, 0.1) is 0 Å². The van der Waals surface area contributed by atoms with Gasteiger partial charge in [-0.05, 0) is 18.6 Å². The molecule has 0 fully saturated rings. The summed E-state index contributed by atoms with van der Waals surface area (Å²) in [6.45, 7) is 2.05. The number of alkyl halides is 1. The van der Waals surface area contributed by atoms with Gasteiger partial charge in [0.1, 0.15) is 5.88 Å². The lowest BCUT2D eigenvalue weighted by Gasteiger charge is -2.10. The third-order valence-corrected chi connectivity index (χ3v) is 2.93. The Labute approximate surface area is 112 Å². The van der Waals surface area contributed by atoms with E-state index in [1.807, 2.05) is 43.3 Å². The number of halogens is 1. The summed E-state index contributed by atoms with van der Waals surface area (Å²) in [5, 5.41) is 2.80. The third-order valence-electron chi connectivity index (χ3n) is 2.69. The number of carbonyl (C=O) groups is 1. The minimum absolute atomic E-state index is 0.0395. The number of hydrogen-bond donors (Lipinski definition) is 1. The van der Waals surface area contributed by atoms with E-state index >= 15 is 0 Å². The van der Waals surface area contributed by atoms with Gasteiger partial charge in [0.25, 0.3) is 0 Å². The molecule has 0 aromatic heterocycles. The van der Waals surface area contributed by atoms with Crippen molar-refractivity contribution < 1.29 is 4.79 Å². The van der Waals surface area contributed by atoms with Crippen LogP contribution < -0.4 is 5.32 Å². The lowest BCUT2D eigenvalue weighted by atomic mass is 10.0. The Morgan fingerprint density at radius 2 is 1.78 bits per heavy atom. The number of rotatable bonds is 3. The highest BCUT2D eigenvalue weighted by atomic mass is 35.5. The highest BCUT2D eigenvalue weighted by molar-refractivity contribution is 6.29. The predicted octanol–water partition coefficient (Wildman–Crippen LogP) is 3.84. The van der Waals surface area contributed by atoms with Crippen LogP contribution in [0.5, 0.6) is 0 Å². The molecule has 0 saturated heterocycles. The molecule has 1 N–H and O–H groups in total. The zero-order valence-electron chi connectivity index (χ0n) is 10.1.